The van der Waals surface area contributed by atoms with Crippen LogP contribution in [0, 0.1) is 5.41 Å². The first-order chi connectivity index (χ1) is 17.6. The van der Waals surface area contributed by atoms with Gasteiger partial charge in [-0.15, -0.1) is 0 Å². The highest BCUT2D eigenvalue weighted by Crippen LogP contribution is 2.41. The highest BCUT2D eigenvalue weighted by Gasteiger charge is 2.34. The first-order valence-electron chi connectivity index (χ1n) is 11.9. The number of nitrogens with zero attached hydrogens (tertiary/aromatic N) is 4. The number of fused-ring (bicyclic) bond motifs is 1. The van der Waals surface area contributed by atoms with E-state index < -0.39 is 0 Å². The molecule has 9 nitrogen and oxygen atoms in total. The number of rotatable bonds is 7. The second-order valence-electron chi connectivity index (χ2n) is 9.90. The van der Waals surface area contributed by atoms with Crippen LogP contribution in [0.5, 0.6) is 11.5 Å². The van der Waals surface area contributed by atoms with Crippen molar-refractivity contribution in [3.63, 3.8) is 0 Å². The SMILES string of the molecule is COc1cc(Cc2cnc(N)nc2N)cc(C(=O)/C=C/N2N=Cc3ccccc3C2C(C)(C)C)c1OC. The van der Waals surface area contributed by atoms with E-state index in [1.54, 1.807) is 24.5 Å². The molecule has 0 saturated carbocycles. The summed E-state index contributed by atoms with van der Waals surface area (Å²) in [5.41, 5.74) is 15.6. The minimum atomic E-state index is -0.250. The molecule has 1 aliphatic rings. The summed E-state index contributed by atoms with van der Waals surface area (Å²) in [7, 11) is 3.03. The Hall–Kier alpha value is -4.40. The molecule has 0 spiro atoms. The zero-order chi connectivity index (χ0) is 26.7. The molecule has 3 aromatic rings. The molecule has 4 rings (SSSR count). The molecule has 192 valence electrons. The fourth-order valence-electron chi connectivity index (χ4n) is 4.53. The number of hydrogen-bond acceptors (Lipinski definition) is 9. The van der Waals surface area contributed by atoms with E-state index in [-0.39, 0.29) is 29.0 Å². The van der Waals surface area contributed by atoms with Crippen molar-refractivity contribution in [1.82, 2.24) is 15.0 Å². The van der Waals surface area contributed by atoms with E-state index in [9.17, 15) is 4.79 Å². The molecule has 0 bridgehead atoms. The maximum Gasteiger partial charge on any atom is 0.221 e. The number of ketones is 1. The maximum atomic E-state index is 13.5. The predicted molar refractivity (Wildman–Crippen MR) is 145 cm³/mol. The number of allylic oxidation sites excluding steroid dienone is 1. The summed E-state index contributed by atoms with van der Waals surface area (Å²) in [4.78, 5) is 21.5. The summed E-state index contributed by atoms with van der Waals surface area (Å²) in [6, 6.07) is 11.7. The van der Waals surface area contributed by atoms with Gasteiger partial charge in [0.2, 0.25) is 5.95 Å². The number of methoxy groups -OCH3 is 2. The quantitative estimate of drug-likeness (QED) is 0.361. The lowest BCUT2D eigenvalue weighted by Gasteiger charge is -2.39. The summed E-state index contributed by atoms with van der Waals surface area (Å²) >= 11 is 0. The third-order valence-electron chi connectivity index (χ3n) is 6.20. The van der Waals surface area contributed by atoms with E-state index in [2.05, 4.69) is 41.9 Å². The number of hydrazone groups is 1. The number of nitrogens with two attached hydrogens (primary N) is 2. The van der Waals surface area contributed by atoms with Crippen LogP contribution in [-0.4, -0.2) is 41.2 Å². The molecule has 1 aromatic heterocycles. The maximum absolute atomic E-state index is 13.5. The van der Waals surface area contributed by atoms with Gasteiger partial charge in [-0.1, -0.05) is 45.0 Å². The van der Waals surface area contributed by atoms with Crippen LogP contribution in [0.2, 0.25) is 0 Å². The second kappa shape index (κ2) is 10.3. The molecular formula is C28H32N6O3. The van der Waals surface area contributed by atoms with Crippen LogP contribution in [0.1, 0.15) is 59.4 Å². The number of anilines is 2. The Labute approximate surface area is 216 Å². The van der Waals surface area contributed by atoms with E-state index in [0.717, 1.165) is 16.7 Å². The van der Waals surface area contributed by atoms with Crippen LogP contribution in [0.25, 0.3) is 0 Å². The van der Waals surface area contributed by atoms with Crippen molar-refractivity contribution in [3.8, 4) is 11.5 Å². The molecule has 0 radical (unpaired) electrons. The van der Waals surface area contributed by atoms with Crippen molar-refractivity contribution < 1.29 is 14.3 Å². The zero-order valence-electron chi connectivity index (χ0n) is 21.7. The van der Waals surface area contributed by atoms with E-state index in [4.69, 9.17) is 20.9 Å². The molecule has 0 aliphatic carbocycles. The van der Waals surface area contributed by atoms with Crippen molar-refractivity contribution >= 4 is 23.8 Å². The molecule has 1 unspecified atom stereocenters. The first kappa shape index (κ1) is 25.7. The van der Waals surface area contributed by atoms with Crippen molar-refractivity contribution in [1.29, 1.82) is 0 Å². The number of carbonyl (C=O) groups is 1. The van der Waals surface area contributed by atoms with Gasteiger partial charge in [0, 0.05) is 30.5 Å². The molecule has 0 fully saturated rings. The molecule has 0 amide bonds. The molecule has 1 atom stereocenters. The Morgan fingerprint density at radius 3 is 2.57 bits per heavy atom. The van der Waals surface area contributed by atoms with E-state index in [0.29, 0.717) is 29.0 Å². The van der Waals surface area contributed by atoms with Crippen LogP contribution in [0.3, 0.4) is 0 Å². The number of hydrogen-bond donors (Lipinski definition) is 2. The summed E-state index contributed by atoms with van der Waals surface area (Å²) in [6.45, 7) is 6.46. The van der Waals surface area contributed by atoms with Crippen molar-refractivity contribution in [2.45, 2.75) is 33.2 Å². The van der Waals surface area contributed by atoms with Crippen LogP contribution >= 0.6 is 0 Å². The Bertz CT molecular complexity index is 1380. The number of carbonyl (C=O) groups excluding carboxylic acids is 1. The molecule has 0 saturated heterocycles. The minimum absolute atomic E-state index is 0.0472. The van der Waals surface area contributed by atoms with Gasteiger partial charge in [-0.05, 0) is 34.2 Å². The summed E-state index contributed by atoms with van der Waals surface area (Å²) < 4.78 is 11.1. The Kier molecular flexibility index (Phi) is 7.15. The Balaban J connectivity index is 1.68. The average molecular weight is 501 g/mol. The third-order valence-corrected chi connectivity index (χ3v) is 6.20. The third kappa shape index (κ3) is 5.40. The molecular weight excluding hydrogens is 468 g/mol. The lowest BCUT2D eigenvalue weighted by molar-refractivity contribution is 0.103. The van der Waals surface area contributed by atoms with Crippen LogP contribution in [0.15, 0.2) is 60.0 Å². The van der Waals surface area contributed by atoms with Crippen molar-refractivity contribution in [2.75, 3.05) is 25.7 Å². The Morgan fingerprint density at radius 2 is 1.89 bits per heavy atom. The van der Waals surface area contributed by atoms with Gasteiger partial charge in [0.05, 0.1) is 32.0 Å². The second-order valence-corrected chi connectivity index (χ2v) is 9.90. The zero-order valence-corrected chi connectivity index (χ0v) is 21.7. The Morgan fingerprint density at radius 1 is 1.14 bits per heavy atom. The molecule has 2 heterocycles. The fraction of sp³-hybridized carbons (Fsp3) is 0.286. The molecule has 4 N–H and O–H groups in total. The standard InChI is InChI=1S/C28H32N6O3/c1-28(2,3)25-20-9-7-6-8-18(20)16-32-34(25)11-10-22(35)21-13-17(14-23(36-4)24(21)37-5)12-19-15-31-27(30)33-26(19)29/h6-11,13-16,25H,12H2,1-5H3,(H4,29,30,31,33)/b11-10+. The van der Waals surface area contributed by atoms with Crippen molar-refractivity contribution in [2.24, 2.45) is 10.5 Å². The van der Waals surface area contributed by atoms with Gasteiger partial charge >= 0.3 is 0 Å². The number of aromatic nitrogens is 2. The van der Waals surface area contributed by atoms with Crippen LogP contribution in [0.4, 0.5) is 11.8 Å². The van der Waals surface area contributed by atoms with Gasteiger partial charge in [0.25, 0.3) is 0 Å². The van der Waals surface area contributed by atoms with Gasteiger partial charge in [-0.2, -0.15) is 10.1 Å². The lowest BCUT2D eigenvalue weighted by Crippen LogP contribution is -2.33. The van der Waals surface area contributed by atoms with Gasteiger partial charge in [0.1, 0.15) is 5.82 Å². The first-order valence-corrected chi connectivity index (χ1v) is 11.9. The smallest absolute Gasteiger partial charge is 0.221 e. The average Bonchev–Trinajstić information content (AvgIpc) is 2.87. The summed E-state index contributed by atoms with van der Waals surface area (Å²) in [6.07, 6.45) is 7.00. The van der Waals surface area contributed by atoms with Gasteiger partial charge in [-0.25, -0.2) is 4.98 Å². The molecule has 1 aliphatic heterocycles. The molecule has 9 heteroatoms. The van der Waals surface area contributed by atoms with E-state index in [1.165, 1.54) is 20.3 Å². The van der Waals surface area contributed by atoms with E-state index in [1.807, 2.05) is 29.4 Å². The number of benzene rings is 2. The lowest BCUT2D eigenvalue weighted by atomic mass is 9.80. The predicted octanol–water partition coefficient (Wildman–Crippen LogP) is 4.38. The monoisotopic (exact) mass is 500 g/mol. The van der Waals surface area contributed by atoms with Crippen LogP contribution < -0.4 is 20.9 Å². The molecule has 37 heavy (non-hydrogen) atoms. The highest BCUT2D eigenvalue weighted by atomic mass is 16.5. The highest BCUT2D eigenvalue weighted by molar-refractivity contribution is 6.07. The van der Waals surface area contributed by atoms with Gasteiger partial charge in [0.15, 0.2) is 17.3 Å². The van der Waals surface area contributed by atoms with Crippen molar-refractivity contribution in [3.05, 3.63) is 82.7 Å². The van der Waals surface area contributed by atoms with E-state index >= 15 is 0 Å². The van der Waals surface area contributed by atoms with Crippen LogP contribution in [-0.2, 0) is 6.42 Å². The summed E-state index contributed by atoms with van der Waals surface area (Å²) in [5, 5.41) is 6.46. The minimum Gasteiger partial charge on any atom is -0.493 e. The number of ether oxygens (including phenoxy) is 2. The summed E-state index contributed by atoms with van der Waals surface area (Å²) in [5.74, 6) is 0.921. The topological polar surface area (TPSA) is 129 Å². The fourth-order valence-corrected chi connectivity index (χ4v) is 4.53. The number of nitrogen functional groups attached to an aromatic ring is 2. The largest absolute Gasteiger partial charge is 0.493 e. The van der Waals surface area contributed by atoms with Gasteiger partial charge < -0.3 is 20.9 Å². The normalized spacial score (nSPS) is 15.1. The molecule has 2 aromatic carbocycles. The van der Waals surface area contributed by atoms with Gasteiger partial charge in [-0.3, -0.25) is 9.80 Å².